The number of carbonyl (C=O) groups is 3. The molecule has 0 aliphatic carbocycles. The van der Waals surface area contributed by atoms with Gasteiger partial charge in [0.15, 0.2) is 0 Å². The van der Waals surface area contributed by atoms with Crippen LogP contribution in [-0.4, -0.2) is 52.6 Å². The molecule has 180 valence electrons. The van der Waals surface area contributed by atoms with Gasteiger partial charge in [-0.1, -0.05) is 38.8 Å². The van der Waals surface area contributed by atoms with Crippen LogP contribution in [0.5, 0.6) is 5.75 Å². The summed E-state index contributed by atoms with van der Waals surface area (Å²) < 4.78 is 5.21. The molecule has 0 aliphatic heterocycles. The fraction of sp³-hybridized carbons (Fsp3) is 0.625. The van der Waals surface area contributed by atoms with E-state index < -0.39 is 23.6 Å². The second-order valence-corrected chi connectivity index (χ2v) is 8.91. The van der Waals surface area contributed by atoms with Gasteiger partial charge >= 0.3 is 6.09 Å². The molecule has 8 nitrogen and oxygen atoms in total. The zero-order chi connectivity index (χ0) is 24.3. The Labute approximate surface area is 191 Å². The fourth-order valence-corrected chi connectivity index (χ4v) is 3.17. The van der Waals surface area contributed by atoms with Gasteiger partial charge in [-0.05, 0) is 58.2 Å². The van der Waals surface area contributed by atoms with E-state index in [1.165, 1.54) is 17.0 Å². The van der Waals surface area contributed by atoms with E-state index in [2.05, 4.69) is 17.6 Å². The standard InChI is InChI=1S/C24H39N3O5/c1-7-9-10-15-25-22(30)21(18-11-13-19(28)14-12-18)27(17(3)8-2)20(29)16-26-23(31)32-24(4,5)6/h11-14,17,21,28H,7-10,15-16H2,1-6H3,(H,25,30)(H,26,31). The Hall–Kier alpha value is -2.77. The van der Waals surface area contributed by atoms with Crippen LogP contribution >= 0.6 is 0 Å². The summed E-state index contributed by atoms with van der Waals surface area (Å²) in [7, 11) is 0. The van der Waals surface area contributed by atoms with Crippen LogP contribution in [0, 0.1) is 0 Å². The summed E-state index contributed by atoms with van der Waals surface area (Å²) in [6.45, 7) is 11.3. The molecule has 0 bridgehead atoms. The molecule has 1 aromatic rings. The normalized spacial score (nSPS) is 13.1. The van der Waals surface area contributed by atoms with Crippen molar-refractivity contribution in [2.75, 3.05) is 13.1 Å². The summed E-state index contributed by atoms with van der Waals surface area (Å²) in [5.41, 5.74) is -0.0991. The summed E-state index contributed by atoms with van der Waals surface area (Å²) in [6, 6.07) is 5.10. The van der Waals surface area contributed by atoms with E-state index >= 15 is 0 Å². The summed E-state index contributed by atoms with van der Waals surface area (Å²) in [5.74, 6) is -0.617. The van der Waals surface area contributed by atoms with E-state index in [0.717, 1.165) is 19.3 Å². The molecule has 3 amide bonds. The lowest BCUT2D eigenvalue weighted by Crippen LogP contribution is -2.51. The molecule has 0 spiro atoms. The molecule has 0 heterocycles. The van der Waals surface area contributed by atoms with E-state index in [-0.39, 0.29) is 24.2 Å². The molecule has 2 unspecified atom stereocenters. The van der Waals surface area contributed by atoms with Crippen molar-refractivity contribution in [2.24, 2.45) is 0 Å². The molecule has 32 heavy (non-hydrogen) atoms. The van der Waals surface area contributed by atoms with Crippen LogP contribution in [0.1, 0.15) is 78.8 Å². The Balaban J connectivity index is 3.13. The SMILES string of the molecule is CCCCCNC(=O)C(c1ccc(O)cc1)N(C(=O)CNC(=O)OC(C)(C)C)C(C)CC. The monoisotopic (exact) mass is 449 g/mol. The van der Waals surface area contributed by atoms with Gasteiger partial charge < -0.3 is 25.4 Å². The first-order chi connectivity index (χ1) is 15.0. The predicted molar refractivity (Wildman–Crippen MR) is 124 cm³/mol. The molecule has 1 rings (SSSR count). The fourth-order valence-electron chi connectivity index (χ4n) is 3.17. The van der Waals surface area contributed by atoms with Crippen molar-refractivity contribution in [3.8, 4) is 5.75 Å². The molecule has 0 saturated heterocycles. The highest BCUT2D eigenvalue weighted by Gasteiger charge is 2.34. The summed E-state index contributed by atoms with van der Waals surface area (Å²) in [6.07, 6.45) is 2.81. The largest absolute Gasteiger partial charge is 0.508 e. The van der Waals surface area contributed by atoms with Gasteiger partial charge in [-0.2, -0.15) is 0 Å². The molecule has 3 N–H and O–H groups in total. The van der Waals surface area contributed by atoms with Crippen molar-refractivity contribution >= 4 is 17.9 Å². The number of benzene rings is 1. The van der Waals surface area contributed by atoms with E-state index in [1.807, 2.05) is 13.8 Å². The van der Waals surface area contributed by atoms with Crippen molar-refractivity contribution in [1.82, 2.24) is 15.5 Å². The highest BCUT2D eigenvalue weighted by Crippen LogP contribution is 2.26. The minimum absolute atomic E-state index is 0.0730. The summed E-state index contributed by atoms with van der Waals surface area (Å²) >= 11 is 0. The molecular weight excluding hydrogens is 410 g/mol. The van der Waals surface area contributed by atoms with Gasteiger partial charge in [0.2, 0.25) is 11.8 Å². The zero-order valence-corrected chi connectivity index (χ0v) is 20.2. The van der Waals surface area contributed by atoms with Crippen molar-refractivity contribution in [1.29, 1.82) is 0 Å². The van der Waals surface area contributed by atoms with Crippen molar-refractivity contribution < 1.29 is 24.2 Å². The Morgan fingerprint density at radius 2 is 1.69 bits per heavy atom. The lowest BCUT2D eigenvalue weighted by Gasteiger charge is -2.36. The van der Waals surface area contributed by atoms with Crippen molar-refractivity contribution in [3.63, 3.8) is 0 Å². The van der Waals surface area contributed by atoms with Gasteiger partial charge in [0.05, 0.1) is 0 Å². The second-order valence-electron chi connectivity index (χ2n) is 8.91. The minimum Gasteiger partial charge on any atom is -0.508 e. The Kier molecular flexibility index (Phi) is 11.0. The lowest BCUT2D eigenvalue weighted by molar-refractivity contribution is -0.142. The minimum atomic E-state index is -0.889. The number of nitrogens with zero attached hydrogens (tertiary/aromatic N) is 1. The van der Waals surface area contributed by atoms with Crippen LogP contribution in [0.2, 0.25) is 0 Å². The smallest absolute Gasteiger partial charge is 0.408 e. The molecular formula is C24H39N3O5. The van der Waals surface area contributed by atoms with E-state index in [0.29, 0.717) is 18.5 Å². The molecule has 0 saturated carbocycles. The van der Waals surface area contributed by atoms with Crippen LogP contribution in [0.4, 0.5) is 4.79 Å². The third-order valence-electron chi connectivity index (χ3n) is 4.95. The number of ether oxygens (including phenoxy) is 1. The number of hydrogen-bond acceptors (Lipinski definition) is 5. The molecule has 0 aliphatic rings. The third-order valence-corrected chi connectivity index (χ3v) is 4.95. The van der Waals surface area contributed by atoms with Gasteiger partial charge in [-0.25, -0.2) is 4.79 Å². The maximum absolute atomic E-state index is 13.2. The van der Waals surface area contributed by atoms with E-state index in [4.69, 9.17) is 4.74 Å². The van der Waals surface area contributed by atoms with Gasteiger partial charge in [-0.15, -0.1) is 0 Å². The lowest BCUT2D eigenvalue weighted by atomic mass is 10.0. The van der Waals surface area contributed by atoms with Crippen molar-refractivity contribution in [2.45, 2.75) is 84.9 Å². The average Bonchev–Trinajstić information content (AvgIpc) is 2.72. The molecule has 0 aromatic heterocycles. The summed E-state index contributed by atoms with van der Waals surface area (Å²) in [5, 5.41) is 15.1. The molecule has 0 fully saturated rings. The van der Waals surface area contributed by atoms with Gasteiger partial charge in [0, 0.05) is 12.6 Å². The first-order valence-corrected chi connectivity index (χ1v) is 11.3. The number of rotatable bonds is 11. The maximum atomic E-state index is 13.2. The van der Waals surface area contributed by atoms with Crippen LogP contribution in [-0.2, 0) is 14.3 Å². The molecule has 1 aromatic carbocycles. The Bertz CT molecular complexity index is 743. The van der Waals surface area contributed by atoms with E-state index in [1.54, 1.807) is 32.9 Å². The first kappa shape index (κ1) is 27.3. The number of phenolic OH excluding ortho intramolecular Hbond substituents is 1. The molecule has 8 heteroatoms. The maximum Gasteiger partial charge on any atom is 0.408 e. The third kappa shape index (κ3) is 9.16. The first-order valence-electron chi connectivity index (χ1n) is 11.3. The predicted octanol–water partition coefficient (Wildman–Crippen LogP) is 3.89. The van der Waals surface area contributed by atoms with Gasteiger partial charge in [-0.3, -0.25) is 9.59 Å². The number of hydrogen-bond donors (Lipinski definition) is 3. The van der Waals surface area contributed by atoms with Crippen LogP contribution in [0.25, 0.3) is 0 Å². The van der Waals surface area contributed by atoms with E-state index in [9.17, 15) is 19.5 Å². The van der Waals surface area contributed by atoms with Gasteiger partial charge in [0.1, 0.15) is 23.9 Å². The van der Waals surface area contributed by atoms with Crippen LogP contribution in [0.3, 0.4) is 0 Å². The number of nitrogens with one attached hydrogen (secondary N) is 2. The highest BCUT2D eigenvalue weighted by atomic mass is 16.6. The zero-order valence-electron chi connectivity index (χ0n) is 20.2. The number of carbonyl (C=O) groups excluding carboxylic acids is 3. The number of aromatic hydroxyl groups is 1. The number of phenols is 1. The van der Waals surface area contributed by atoms with Crippen molar-refractivity contribution in [3.05, 3.63) is 29.8 Å². The second kappa shape index (κ2) is 12.9. The summed E-state index contributed by atoms with van der Waals surface area (Å²) in [4.78, 5) is 39.9. The number of unbranched alkanes of at least 4 members (excludes halogenated alkanes) is 2. The number of alkyl carbamates (subject to hydrolysis) is 1. The Morgan fingerprint density at radius 1 is 1.06 bits per heavy atom. The van der Waals surface area contributed by atoms with Gasteiger partial charge in [0.25, 0.3) is 0 Å². The average molecular weight is 450 g/mol. The van der Waals surface area contributed by atoms with Crippen LogP contribution < -0.4 is 10.6 Å². The molecule has 0 radical (unpaired) electrons. The quantitative estimate of drug-likeness (QED) is 0.444. The number of amides is 3. The Morgan fingerprint density at radius 3 is 2.22 bits per heavy atom. The highest BCUT2D eigenvalue weighted by molar-refractivity contribution is 5.90. The molecule has 2 atom stereocenters. The topological polar surface area (TPSA) is 108 Å². The van der Waals surface area contributed by atoms with Crippen LogP contribution in [0.15, 0.2) is 24.3 Å².